The van der Waals surface area contributed by atoms with Gasteiger partial charge in [0.25, 0.3) is 0 Å². The lowest BCUT2D eigenvalue weighted by Gasteiger charge is -1.87. The van der Waals surface area contributed by atoms with Gasteiger partial charge in [0.05, 0.1) is 0 Å². The lowest BCUT2D eigenvalue weighted by atomic mass is 10.3. The van der Waals surface area contributed by atoms with Crippen LogP contribution in [-0.2, 0) is 0 Å². The molecule has 13 heavy (non-hydrogen) atoms. The van der Waals surface area contributed by atoms with Gasteiger partial charge in [-0.15, -0.1) is 11.3 Å². The molecule has 0 unspecified atom stereocenters. The quantitative estimate of drug-likeness (QED) is 0.824. The van der Waals surface area contributed by atoms with Crippen molar-refractivity contribution in [2.45, 2.75) is 0 Å². The van der Waals surface area contributed by atoms with E-state index in [4.69, 9.17) is 5.11 Å². The monoisotopic (exact) mass is 305 g/mol. The SMILES string of the molecule is O=C(O)c1sc2ncccc2c1I. The minimum absolute atomic E-state index is 0.370. The van der Waals surface area contributed by atoms with Crippen LogP contribution in [0.5, 0.6) is 0 Å². The van der Waals surface area contributed by atoms with Gasteiger partial charge in [-0.3, -0.25) is 0 Å². The summed E-state index contributed by atoms with van der Waals surface area (Å²) in [5, 5.41) is 9.77. The standard InChI is InChI=1S/C8H4INO2S/c9-5-4-2-1-3-10-7(4)13-6(5)8(11)12/h1-3H,(H,11,12). The fourth-order valence-corrected chi connectivity index (χ4v) is 3.09. The molecule has 0 saturated carbocycles. The number of nitrogens with zero attached hydrogens (tertiary/aromatic N) is 1. The number of hydrogen-bond acceptors (Lipinski definition) is 3. The zero-order valence-electron chi connectivity index (χ0n) is 6.32. The topological polar surface area (TPSA) is 50.2 Å². The number of thiophene rings is 1. The molecule has 0 aliphatic carbocycles. The number of rotatable bonds is 1. The average molecular weight is 305 g/mol. The fourth-order valence-electron chi connectivity index (χ4n) is 1.04. The van der Waals surface area contributed by atoms with Gasteiger partial charge in [-0.1, -0.05) is 0 Å². The molecule has 2 heterocycles. The van der Waals surface area contributed by atoms with Gasteiger partial charge in [-0.05, 0) is 34.7 Å². The zero-order chi connectivity index (χ0) is 9.42. The maximum Gasteiger partial charge on any atom is 0.347 e. The molecule has 0 fully saturated rings. The highest BCUT2D eigenvalue weighted by Gasteiger charge is 2.15. The van der Waals surface area contributed by atoms with Crippen molar-refractivity contribution in [2.75, 3.05) is 0 Å². The van der Waals surface area contributed by atoms with E-state index in [1.807, 2.05) is 34.7 Å². The van der Waals surface area contributed by atoms with Crippen LogP contribution in [0.15, 0.2) is 18.3 Å². The fraction of sp³-hybridized carbons (Fsp3) is 0. The summed E-state index contributed by atoms with van der Waals surface area (Å²) in [5.41, 5.74) is 0. The third-order valence-corrected chi connectivity index (χ3v) is 4.19. The molecule has 0 bridgehead atoms. The van der Waals surface area contributed by atoms with Crippen molar-refractivity contribution in [3.8, 4) is 0 Å². The molecule has 0 radical (unpaired) electrons. The molecule has 0 aromatic carbocycles. The molecule has 0 aliphatic heterocycles. The van der Waals surface area contributed by atoms with Crippen LogP contribution in [0.2, 0.25) is 0 Å². The van der Waals surface area contributed by atoms with E-state index in [1.165, 1.54) is 11.3 Å². The number of carbonyl (C=O) groups is 1. The molecule has 2 rings (SSSR count). The van der Waals surface area contributed by atoms with Crippen LogP contribution in [0.3, 0.4) is 0 Å². The Morgan fingerprint density at radius 3 is 3.00 bits per heavy atom. The number of halogens is 1. The Balaban J connectivity index is 2.81. The van der Waals surface area contributed by atoms with Gasteiger partial charge in [0.2, 0.25) is 0 Å². The lowest BCUT2D eigenvalue weighted by molar-refractivity contribution is 0.0701. The summed E-state index contributed by atoms with van der Waals surface area (Å²) >= 11 is 3.25. The van der Waals surface area contributed by atoms with Crippen LogP contribution in [0.4, 0.5) is 0 Å². The van der Waals surface area contributed by atoms with E-state index in [0.717, 1.165) is 13.8 Å². The molecule has 5 heteroatoms. The highest BCUT2D eigenvalue weighted by molar-refractivity contribution is 14.1. The molecule has 0 spiro atoms. The molecule has 2 aromatic heterocycles. The van der Waals surface area contributed by atoms with Gasteiger partial charge in [0.1, 0.15) is 9.71 Å². The highest BCUT2D eigenvalue weighted by atomic mass is 127. The second kappa shape index (κ2) is 3.22. The Kier molecular flexibility index (Phi) is 2.20. The predicted molar refractivity (Wildman–Crippen MR) is 59.3 cm³/mol. The van der Waals surface area contributed by atoms with E-state index >= 15 is 0 Å². The smallest absolute Gasteiger partial charge is 0.347 e. The molecule has 0 aliphatic rings. The molecular formula is C8H4INO2S. The number of fused-ring (bicyclic) bond motifs is 1. The summed E-state index contributed by atoms with van der Waals surface area (Å²) < 4.78 is 0.776. The number of aromatic nitrogens is 1. The Hall–Kier alpha value is -0.690. The van der Waals surface area contributed by atoms with Crippen molar-refractivity contribution in [3.63, 3.8) is 0 Å². The molecule has 1 N–H and O–H groups in total. The second-order valence-electron chi connectivity index (χ2n) is 2.41. The van der Waals surface area contributed by atoms with Crippen molar-refractivity contribution in [1.82, 2.24) is 4.98 Å². The third kappa shape index (κ3) is 1.42. The Morgan fingerprint density at radius 2 is 2.38 bits per heavy atom. The lowest BCUT2D eigenvalue weighted by Crippen LogP contribution is -1.93. The second-order valence-corrected chi connectivity index (χ2v) is 4.48. The molecule has 0 atom stereocenters. The number of hydrogen-bond donors (Lipinski definition) is 1. The number of carboxylic acids is 1. The van der Waals surface area contributed by atoms with E-state index in [0.29, 0.717) is 4.88 Å². The average Bonchev–Trinajstić information content (AvgIpc) is 2.45. The summed E-state index contributed by atoms with van der Waals surface area (Å²) in [4.78, 5) is 16.0. The van der Waals surface area contributed by atoms with E-state index in [2.05, 4.69) is 4.98 Å². The molecule has 0 saturated heterocycles. The van der Waals surface area contributed by atoms with Crippen LogP contribution in [-0.4, -0.2) is 16.1 Å². The largest absolute Gasteiger partial charge is 0.477 e. The molecule has 0 amide bonds. The van der Waals surface area contributed by atoms with Crippen LogP contribution in [0.1, 0.15) is 9.67 Å². The van der Waals surface area contributed by atoms with Gasteiger partial charge in [-0.25, -0.2) is 9.78 Å². The van der Waals surface area contributed by atoms with Crippen LogP contribution in [0, 0.1) is 3.57 Å². The van der Waals surface area contributed by atoms with Crippen LogP contribution in [0.25, 0.3) is 10.2 Å². The van der Waals surface area contributed by atoms with Crippen molar-refractivity contribution in [3.05, 3.63) is 26.8 Å². The Morgan fingerprint density at radius 1 is 1.62 bits per heavy atom. The van der Waals surface area contributed by atoms with Crippen LogP contribution >= 0.6 is 33.9 Å². The molecule has 3 nitrogen and oxygen atoms in total. The number of aromatic carboxylic acids is 1. The number of carboxylic acid groups (broad SMARTS) is 1. The van der Waals surface area contributed by atoms with E-state index in [1.54, 1.807) is 6.20 Å². The summed E-state index contributed by atoms with van der Waals surface area (Å²) in [7, 11) is 0. The minimum Gasteiger partial charge on any atom is -0.477 e. The van der Waals surface area contributed by atoms with E-state index in [-0.39, 0.29) is 0 Å². The third-order valence-electron chi connectivity index (χ3n) is 1.60. The Bertz CT molecular complexity index is 480. The van der Waals surface area contributed by atoms with E-state index in [9.17, 15) is 4.79 Å². The van der Waals surface area contributed by atoms with E-state index < -0.39 is 5.97 Å². The van der Waals surface area contributed by atoms with Crippen molar-refractivity contribution >= 4 is 50.1 Å². The Labute approximate surface area is 91.6 Å². The highest BCUT2D eigenvalue weighted by Crippen LogP contribution is 2.30. The van der Waals surface area contributed by atoms with Gasteiger partial charge >= 0.3 is 5.97 Å². The molecule has 66 valence electrons. The van der Waals surface area contributed by atoms with Crippen molar-refractivity contribution in [1.29, 1.82) is 0 Å². The van der Waals surface area contributed by atoms with Gasteiger partial charge in [-0.2, -0.15) is 0 Å². The summed E-state index contributed by atoms with van der Waals surface area (Å²) in [6, 6.07) is 3.69. The number of pyridine rings is 1. The zero-order valence-corrected chi connectivity index (χ0v) is 9.29. The van der Waals surface area contributed by atoms with Gasteiger partial charge < -0.3 is 5.11 Å². The van der Waals surface area contributed by atoms with Crippen molar-refractivity contribution in [2.24, 2.45) is 0 Å². The van der Waals surface area contributed by atoms with Gasteiger partial charge in [0.15, 0.2) is 0 Å². The normalized spacial score (nSPS) is 10.5. The first-order valence-corrected chi connectivity index (χ1v) is 5.36. The molecular weight excluding hydrogens is 301 g/mol. The van der Waals surface area contributed by atoms with Crippen LogP contribution < -0.4 is 0 Å². The first-order chi connectivity index (χ1) is 6.20. The first kappa shape index (κ1) is 8.89. The van der Waals surface area contributed by atoms with Gasteiger partial charge in [0, 0.05) is 15.2 Å². The minimum atomic E-state index is -0.882. The maximum atomic E-state index is 10.8. The predicted octanol–water partition coefficient (Wildman–Crippen LogP) is 2.60. The molecule has 2 aromatic rings. The summed E-state index contributed by atoms with van der Waals surface area (Å²) in [6.07, 6.45) is 1.67. The van der Waals surface area contributed by atoms with Crippen molar-refractivity contribution < 1.29 is 9.90 Å². The maximum absolute atomic E-state index is 10.8. The summed E-state index contributed by atoms with van der Waals surface area (Å²) in [6.45, 7) is 0. The summed E-state index contributed by atoms with van der Waals surface area (Å²) in [5.74, 6) is -0.882. The first-order valence-electron chi connectivity index (χ1n) is 3.46.